The van der Waals surface area contributed by atoms with Gasteiger partial charge < -0.3 is 14.5 Å². The summed E-state index contributed by atoms with van der Waals surface area (Å²) in [6.45, 7) is 5.11. The van der Waals surface area contributed by atoms with E-state index in [9.17, 15) is 4.39 Å². The number of nitrogens with zero attached hydrogens (tertiary/aromatic N) is 1. The maximum absolute atomic E-state index is 13.7. The van der Waals surface area contributed by atoms with Crippen molar-refractivity contribution in [3.8, 4) is 11.8 Å². The predicted octanol–water partition coefficient (Wildman–Crippen LogP) is 3.02. The molecule has 1 aromatic heterocycles. The van der Waals surface area contributed by atoms with Gasteiger partial charge in [-0.05, 0) is 25.1 Å². The molecule has 96 valence electrons. The van der Waals surface area contributed by atoms with Crippen molar-refractivity contribution in [2.24, 2.45) is 0 Å². The lowest BCUT2D eigenvalue weighted by Gasteiger charge is -2.03. The lowest BCUT2D eigenvalue weighted by Crippen LogP contribution is -2.11. The Morgan fingerprint density at radius 3 is 3.06 bits per heavy atom. The first-order valence-electron chi connectivity index (χ1n) is 5.78. The van der Waals surface area contributed by atoms with Crippen LogP contribution >= 0.6 is 0 Å². The van der Waals surface area contributed by atoms with Crippen LogP contribution in [0.3, 0.4) is 0 Å². The normalized spacial score (nSPS) is 10.6. The number of hydrogen-bond acceptors (Lipinski definition) is 4. The zero-order valence-corrected chi connectivity index (χ0v) is 10.4. The van der Waals surface area contributed by atoms with E-state index in [-0.39, 0.29) is 11.8 Å². The van der Waals surface area contributed by atoms with Gasteiger partial charge in [0.1, 0.15) is 6.26 Å². The number of oxazole rings is 1. The van der Waals surface area contributed by atoms with Crippen molar-refractivity contribution >= 4 is 0 Å². The van der Waals surface area contributed by atoms with Crippen LogP contribution in [0.1, 0.15) is 18.2 Å². The van der Waals surface area contributed by atoms with Crippen molar-refractivity contribution in [3.05, 3.63) is 41.5 Å². The summed E-state index contributed by atoms with van der Waals surface area (Å²) in [5, 5.41) is 3.11. The number of rotatable bonds is 5. The Balaban J connectivity index is 2.09. The SMILES string of the molecule is CCNCc1coc(Oc2cccc(C)c2F)n1. The van der Waals surface area contributed by atoms with E-state index in [0.29, 0.717) is 12.1 Å². The third-order valence-electron chi connectivity index (χ3n) is 2.44. The van der Waals surface area contributed by atoms with Gasteiger partial charge in [-0.2, -0.15) is 4.98 Å². The molecule has 1 aromatic carbocycles. The van der Waals surface area contributed by atoms with Crippen LogP contribution in [-0.2, 0) is 6.54 Å². The van der Waals surface area contributed by atoms with Crippen LogP contribution < -0.4 is 10.1 Å². The largest absolute Gasteiger partial charge is 0.417 e. The van der Waals surface area contributed by atoms with Crippen molar-refractivity contribution < 1.29 is 13.5 Å². The topological polar surface area (TPSA) is 47.3 Å². The molecule has 0 aliphatic carbocycles. The van der Waals surface area contributed by atoms with Gasteiger partial charge in [-0.3, -0.25) is 0 Å². The molecule has 2 aromatic rings. The first-order valence-corrected chi connectivity index (χ1v) is 5.78. The standard InChI is InChI=1S/C13H15FN2O2/c1-3-15-7-10-8-17-13(16-10)18-11-6-4-5-9(2)12(11)14/h4-6,8,15H,3,7H2,1-2H3. The van der Waals surface area contributed by atoms with Crippen LogP contribution in [0.25, 0.3) is 0 Å². The molecule has 0 fully saturated rings. The Kier molecular flexibility index (Phi) is 3.94. The van der Waals surface area contributed by atoms with E-state index >= 15 is 0 Å². The van der Waals surface area contributed by atoms with E-state index in [1.54, 1.807) is 19.1 Å². The Labute approximate surface area is 105 Å². The first-order chi connectivity index (χ1) is 8.70. The van der Waals surface area contributed by atoms with Crippen molar-refractivity contribution in [3.63, 3.8) is 0 Å². The zero-order chi connectivity index (χ0) is 13.0. The second-order valence-electron chi connectivity index (χ2n) is 3.87. The second kappa shape index (κ2) is 5.64. The fourth-order valence-electron chi connectivity index (χ4n) is 1.46. The first kappa shape index (κ1) is 12.6. The minimum absolute atomic E-state index is 0.0485. The van der Waals surface area contributed by atoms with Gasteiger partial charge in [-0.1, -0.05) is 19.1 Å². The number of benzene rings is 1. The minimum atomic E-state index is -0.399. The highest BCUT2D eigenvalue weighted by Crippen LogP contribution is 2.25. The van der Waals surface area contributed by atoms with Gasteiger partial charge in [-0.25, -0.2) is 4.39 Å². The van der Waals surface area contributed by atoms with Crippen molar-refractivity contribution in [1.82, 2.24) is 10.3 Å². The van der Waals surface area contributed by atoms with Crippen LogP contribution in [0.4, 0.5) is 4.39 Å². The van der Waals surface area contributed by atoms with Crippen LogP contribution in [0.2, 0.25) is 0 Å². The molecule has 0 unspecified atom stereocenters. The summed E-state index contributed by atoms with van der Waals surface area (Å²) in [7, 11) is 0. The maximum Gasteiger partial charge on any atom is 0.399 e. The average Bonchev–Trinajstić information content (AvgIpc) is 2.80. The third-order valence-corrected chi connectivity index (χ3v) is 2.44. The van der Waals surface area contributed by atoms with E-state index in [2.05, 4.69) is 10.3 Å². The molecular formula is C13H15FN2O2. The summed E-state index contributed by atoms with van der Waals surface area (Å²) in [6.07, 6.45) is 1.54. The summed E-state index contributed by atoms with van der Waals surface area (Å²) in [5.41, 5.74) is 1.24. The molecular weight excluding hydrogens is 235 g/mol. The van der Waals surface area contributed by atoms with Gasteiger partial charge in [-0.15, -0.1) is 0 Å². The highest BCUT2D eigenvalue weighted by atomic mass is 19.1. The molecule has 0 aliphatic heterocycles. The van der Waals surface area contributed by atoms with Crippen LogP contribution in [-0.4, -0.2) is 11.5 Å². The molecule has 0 radical (unpaired) electrons. The summed E-state index contributed by atoms with van der Waals surface area (Å²) in [6, 6.07) is 4.93. The Bertz CT molecular complexity index is 525. The van der Waals surface area contributed by atoms with Gasteiger partial charge in [0.25, 0.3) is 0 Å². The average molecular weight is 250 g/mol. The highest BCUT2D eigenvalue weighted by molar-refractivity contribution is 5.31. The third kappa shape index (κ3) is 2.87. The van der Waals surface area contributed by atoms with E-state index in [4.69, 9.17) is 9.15 Å². The number of hydrogen-bond donors (Lipinski definition) is 1. The molecule has 1 N–H and O–H groups in total. The molecule has 5 heteroatoms. The van der Waals surface area contributed by atoms with Crippen LogP contribution in [0.15, 0.2) is 28.9 Å². The van der Waals surface area contributed by atoms with E-state index in [0.717, 1.165) is 12.2 Å². The molecule has 0 bridgehead atoms. The zero-order valence-electron chi connectivity index (χ0n) is 10.4. The fraction of sp³-hybridized carbons (Fsp3) is 0.308. The van der Waals surface area contributed by atoms with Crippen LogP contribution in [0.5, 0.6) is 11.8 Å². The monoisotopic (exact) mass is 250 g/mol. The molecule has 0 atom stereocenters. The molecule has 0 aliphatic rings. The van der Waals surface area contributed by atoms with E-state index in [1.165, 1.54) is 12.3 Å². The van der Waals surface area contributed by atoms with Gasteiger partial charge in [0.05, 0.1) is 5.69 Å². The Morgan fingerprint density at radius 1 is 1.44 bits per heavy atom. The quantitative estimate of drug-likeness (QED) is 0.886. The van der Waals surface area contributed by atoms with Crippen LogP contribution in [0, 0.1) is 12.7 Å². The lowest BCUT2D eigenvalue weighted by molar-refractivity contribution is 0.317. The molecule has 18 heavy (non-hydrogen) atoms. The molecule has 0 saturated heterocycles. The van der Waals surface area contributed by atoms with E-state index in [1.807, 2.05) is 6.92 Å². The van der Waals surface area contributed by atoms with Crippen molar-refractivity contribution in [2.75, 3.05) is 6.54 Å². The summed E-state index contributed by atoms with van der Waals surface area (Å²) in [5.74, 6) is -0.282. The summed E-state index contributed by atoms with van der Waals surface area (Å²) in [4.78, 5) is 4.10. The van der Waals surface area contributed by atoms with Gasteiger partial charge in [0.2, 0.25) is 0 Å². The molecule has 1 heterocycles. The van der Waals surface area contributed by atoms with E-state index < -0.39 is 5.82 Å². The second-order valence-corrected chi connectivity index (χ2v) is 3.87. The summed E-state index contributed by atoms with van der Waals surface area (Å²) < 4.78 is 24.1. The molecule has 0 amide bonds. The number of ether oxygens (including phenoxy) is 1. The minimum Gasteiger partial charge on any atom is -0.417 e. The molecule has 4 nitrogen and oxygen atoms in total. The summed E-state index contributed by atoms with van der Waals surface area (Å²) >= 11 is 0. The Morgan fingerprint density at radius 2 is 2.28 bits per heavy atom. The fourth-order valence-corrected chi connectivity index (χ4v) is 1.46. The number of nitrogens with one attached hydrogen (secondary N) is 1. The van der Waals surface area contributed by atoms with Crippen molar-refractivity contribution in [1.29, 1.82) is 0 Å². The molecule has 0 spiro atoms. The predicted molar refractivity (Wildman–Crippen MR) is 65.1 cm³/mol. The number of aryl methyl sites for hydroxylation is 1. The molecule has 2 rings (SSSR count). The number of aromatic nitrogens is 1. The Hall–Kier alpha value is -1.88. The number of halogens is 1. The highest BCUT2D eigenvalue weighted by Gasteiger charge is 2.11. The van der Waals surface area contributed by atoms with Gasteiger partial charge >= 0.3 is 6.08 Å². The maximum atomic E-state index is 13.7. The van der Waals surface area contributed by atoms with Crippen molar-refractivity contribution in [2.45, 2.75) is 20.4 Å². The smallest absolute Gasteiger partial charge is 0.399 e. The van der Waals surface area contributed by atoms with Gasteiger partial charge in [0.15, 0.2) is 11.6 Å². The molecule has 0 saturated carbocycles. The van der Waals surface area contributed by atoms with Gasteiger partial charge in [0, 0.05) is 6.54 Å². The lowest BCUT2D eigenvalue weighted by atomic mass is 10.2.